The van der Waals surface area contributed by atoms with Crippen LogP contribution in [0, 0.1) is 6.92 Å². The average Bonchev–Trinajstić information content (AvgIpc) is 2.77. The van der Waals surface area contributed by atoms with Crippen LogP contribution in [0.5, 0.6) is 0 Å². The first-order valence-electron chi connectivity index (χ1n) is 10.7. The van der Waals surface area contributed by atoms with Crippen LogP contribution in [0.15, 0.2) is 96.0 Å². The summed E-state index contributed by atoms with van der Waals surface area (Å²) in [5.74, 6) is 0. The molecule has 156 valence electrons. The van der Waals surface area contributed by atoms with E-state index < -0.39 is 8.07 Å². The van der Waals surface area contributed by atoms with Crippen molar-refractivity contribution >= 4 is 30.2 Å². The maximum Gasteiger partial charge on any atom is 0.199 e. The second-order valence-corrected chi connectivity index (χ2v) is 12.3. The zero-order valence-electron chi connectivity index (χ0n) is 19.2. The Bertz CT molecular complexity index is 1210. The Balaban J connectivity index is 2.19. The van der Waals surface area contributed by atoms with Crippen molar-refractivity contribution < 1.29 is 4.58 Å². The van der Waals surface area contributed by atoms with E-state index in [0.29, 0.717) is 0 Å². The van der Waals surface area contributed by atoms with Gasteiger partial charge in [0, 0.05) is 31.9 Å². The predicted molar refractivity (Wildman–Crippen MR) is 138 cm³/mol. The molecular weight excluding hydrogens is 392 g/mol. The third-order valence-electron chi connectivity index (χ3n) is 6.53. The molecule has 0 spiro atoms. The van der Waals surface area contributed by atoms with Gasteiger partial charge in [-0.15, -0.1) is 13.2 Å². The van der Waals surface area contributed by atoms with Crippen molar-refractivity contribution in [3.63, 3.8) is 0 Å². The van der Waals surface area contributed by atoms with Gasteiger partial charge in [-0.1, -0.05) is 41.7 Å². The Labute approximate surface area is 187 Å². The highest BCUT2D eigenvalue weighted by atomic mass is 28.3. The number of aryl methyl sites for hydroxylation is 1. The Kier molecular flexibility index (Phi) is 5.32. The molecule has 0 fully saturated rings. The molecule has 2 aromatic carbocycles. The highest BCUT2D eigenvalue weighted by molar-refractivity contribution is 7.07. The monoisotopic (exact) mass is 423 g/mol. The van der Waals surface area contributed by atoms with Gasteiger partial charge in [-0.2, -0.15) is 0 Å². The predicted octanol–water partition coefficient (Wildman–Crippen LogP) is 4.73. The molecule has 0 saturated carbocycles. The molecular formula is C28H31N2Si+. The molecule has 0 radical (unpaired) electrons. The molecule has 1 aliphatic heterocycles. The molecule has 1 aliphatic carbocycles. The molecule has 2 aliphatic rings. The van der Waals surface area contributed by atoms with Gasteiger partial charge in [0.25, 0.3) is 0 Å². The lowest BCUT2D eigenvalue weighted by molar-refractivity contribution is -0.462. The molecule has 0 aromatic heterocycles. The van der Waals surface area contributed by atoms with Gasteiger partial charge < -0.3 is 4.90 Å². The lowest BCUT2D eigenvalue weighted by atomic mass is 9.87. The van der Waals surface area contributed by atoms with Crippen LogP contribution in [0.1, 0.15) is 16.7 Å². The quantitative estimate of drug-likeness (QED) is 0.509. The summed E-state index contributed by atoms with van der Waals surface area (Å²) in [4.78, 5) is 2.17. The molecule has 31 heavy (non-hydrogen) atoms. The minimum Gasteiger partial charge on any atom is -0.378 e. The molecule has 0 bridgehead atoms. The zero-order valence-corrected chi connectivity index (χ0v) is 20.2. The van der Waals surface area contributed by atoms with E-state index >= 15 is 0 Å². The van der Waals surface area contributed by atoms with Crippen LogP contribution in [0.3, 0.4) is 0 Å². The number of hydrogen-bond donors (Lipinski definition) is 0. The third kappa shape index (κ3) is 3.21. The molecule has 0 amide bonds. The first-order chi connectivity index (χ1) is 14.8. The van der Waals surface area contributed by atoms with Crippen LogP contribution in [0.4, 0.5) is 5.69 Å². The number of benzene rings is 2. The largest absolute Gasteiger partial charge is 0.378 e. The van der Waals surface area contributed by atoms with Crippen molar-refractivity contribution in [2.75, 3.05) is 33.1 Å². The van der Waals surface area contributed by atoms with Crippen molar-refractivity contribution in [1.82, 2.24) is 0 Å². The third-order valence-corrected chi connectivity index (χ3v) is 10.4. The number of anilines is 1. The van der Waals surface area contributed by atoms with Crippen molar-refractivity contribution in [2.24, 2.45) is 0 Å². The summed E-state index contributed by atoms with van der Waals surface area (Å²) in [5, 5.41) is 2.73. The van der Waals surface area contributed by atoms with Gasteiger partial charge in [-0.05, 0) is 63.4 Å². The lowest BCUT2D eigenvalue weighted by Crippen LogP contribution is -2.52. The molecule has 0 atom stereocenters. The van der Waals surface area contributed by atoms with E-state index in [1.807, 2.05) is 0 Å². The Morgan fingerprint density at radius 2 is 1.65 bits per heavy atom. The van der Waals surface area contributed by atoms with Gasteiger partial charge in [-0.3, -0.25) is 0 Å². The SMILES string of the molecule is C=C[Si]1(C=C)C2=CC(=[N+](C)C)C=CC2=C(c2ccccc2C)c2ccc(N(C)C)cc21. The Morgan fingerprint density at radius 1 is 0.935 bits per heavy atom. The Hall–Kier alpha value is -3.17. The van der Waals surface area contributed by atoms with Crippen LogP contribution in [0.25, 0.3) is 5.57 Å². The van der Waals surface area contributed by atoms with Crippen molar-refractivity contribution in [1.29, 1.82) is 0 Å². The molecule has 2 aromatic rings. The van der Waals surface area contributed by atoms with Crippen LogP contribution < -0.4 is 10.1 Å². The van der Waals surface area contributed by atoms with Crippen molar-refractivity contribution in [3.8, 4) is 0 Å². The maximum atomic E-state index is 4.34. The number of rotatable bonds is 4. The van der Waals surface area contributed by atoms with E-state index in [1.54, 1.807) is 0 Å². The van der Waals surface area contributed by atoms with E-state index in [2.05, 4.69) is 130 Å². The fourth-order valence-electron chi connectivity index (χ4n) is 4.70. The van der Waals surface area contributed by atoms with Gasteiger partial charge >= 0.3 is 0 Å². The number of fused-ring (bicyclic) bond motifs is 2. The van der Waals surface area contributed by atoms with E-state index in [9.17, 15) is 0 Å². The van der Waals surface area contributed by atoms with E-state index in [4.69, 9.17) is 0 Å². The zero-order chi connectivity index (χ0) is 22.3. The van der Waals surface area contributed by atoms with Gasteiger partial charge in [0.1, 0.15) is 14.1 Å². The van der Waals surface area contributed by atoms with Gasteiger partial charge in [0.2, 0.25) is 0 Å². The standard InChI is InChI=1S/C28H31N2Si/c1-8-31(9-2)26-18-21(29(4)5)14-16-24(26)28(23-13-11-10-12-20(23)3)25-17-15-22(30(6)7)19-27(25)31/h8-19H,1-2H2,3-7H3/q+1. The van der Waals surface area contributed by atoms with Crippen LogP contribution in [-0.4, -0.2) is 46.6 Å². The second kappa shape index (κ2) is 7.82. The van der Waals surface area contributed by atoms with Crippen LogP contribution in [-0.2, 0) is 0 Å². The van der Waals surface area contributed by atoms with E-state index in [0.717, 1.165) is 0 Å². The lowest BCUT2D eigenvalue weighted by Gasteiger charge is -2.39. The molecule has 0 unspecified atom stereocenters. The summed E-state index contributed by atoms with van der Waals surface area (Å²) in [6, 6.07) is 15.6. The molecule has 2 nitrogen and oxygen atoms in total. The highest BCUT2D eigenvalue weighted by Gasteiger charge is 2.43. The summed E-state index contributed by atoms with van der Waals surface area (Å²) in [6.45, 7) is 10.9. The smallest absolute Gasteiger partial charge is 0.199 e. The minimum atomic E-state index is -2.36. The number of allylic oxidation sites excluding steroid dienone is 5. The molecule has 0 saturated heterocycles. The fourth-order valence-corrected chi connectivity index (χ4v) is 8.12. The normalized spacial score (nSPS) is 16.3. The van der Waals surface area contributed by atoms with Crippen LogP contribution >= 0.6 is 0 Å². The number of nitrogens with zero attached hydrogens (tertiary/aromatic N) is 2. The first kappa shape index (κ1) is 21.1. The highest BCUT2D eigenvalue weighted by Crippen LogP contribution is 2.43. The first-order valence-corrected chi connectivity index (χ1v) is 12.8. The van der Waals surface area contributed by atoms with E-state index in [1.165, 1.54) is 49.6 Å². The van der Waals surface area contributed by atoms with Crippen molar-refractivity contribution in [2.45, 2.75) is 6.92 Å². The molecule has 1 heterocycles. The summed E-state index contributed by atoms with van der Waals surface area (Å²) in [7, 11) is 6.02. The van der Waals surface area contributed by atoms with Crippen molar-refractivity contribution in [3.05, 3.63) is 113 Å². The average molecular weight is 424 g/mol. The summed E-state index contributed by atoms with van der Waals surface area (Å²) >= 11 is 0. The Morgan fingerprint density at radius 3 is 2.26 bits per heavy atom. The maximum absolute atomic E-state index is 4.34. The number of hydrogen-bond acceptors (Lipinski definition) is 1. The summed E-state index contributed by atoms with van der Waals surface area (Å²) in [5.41, 5.74) is 13.3. The molecule has 4 rings (SSSR count). The van der Waals surface area contributed by atoms with Gasteiger partial charge in [-0.25, -0.2) is 4.58 Å². The minimum absolute atomic E-state index is 1.20. The van der Waals surface area contributed by atoms with Gasteiger partial charge in [0.15, 0.2) is 13.8 Å². The molecule has 3 heteroatoms. The van der Waals surface area contributed by atoms with Gasteiger partial charge in [0.05, 0.1) is 0 Å². The van der Waals surface area contributed by atoms with E-state index in [-0.39, 0.29) is 0 Å². The summed E-state index contributed by atoms with van der Waals surface area (Å²) < 4.78 is 2.17. The summed E-state index contributed by atoms with van der Waals surface area (Å²) in [6.07, 6.45) is 6.88. The fraction of sp³-hybridized carbons (Fsp3) is 0.179. The topological polar surface area (TPSA) is 6.25 Å². The second-order valence-electron chi connectivity index (χ2n) is 8.72. The van der Waals surface area contributed by atoms with Crippen LogP contribution in [0.2, 0.25) is 0 Å². The molecule has 0 N–H and O–H groups in total.